The van der Waals surface area contributed by atoms with Gasteiger partial charge < -0.3 is 5.32 Å². The zero-order valence-corrected chi connectivity index (χ0v) is 17.2. The van der Waals surface area contributed by atoms with Crippen LogP contribution in [0.25, 0.3) is 5.69 Å². The molecule has 4 saturated carbocycles. The van der Waals surface area contributed by atoms with E-state index in [0.29, 0.717) is 5.41 Å². The van der Waals surface area contributed by atoms with E-state index >= 15 is 0 Å². The normalized spacial score (nSPS) is 33.4. The highest BCUT2D eigenvalue weighted by Gasteiger charge is 2.53. The van der Waals surface area contributed by atoms with Crippen LogP contribution in [0, 0.1) is 17.8 Å². The van der Waals surface area contributed by atoms with Crippen LogP contribution in [-0.2, 0) is 18.3 Å². The largest absolute Gasteiger partial charge is 0.370 e. The van der Waals surface area contributed by atoms with Crippen molar-refractivity contribution in [2.75, 3.05) is 11.9 Å². The highest BCUT2D eigenvalue weighted by atomic mass is 15.3. The molecule has 0 radical (unpaired) electrons. The second-order valence-corrected chi connectivity index (χ2v) is 10.2. The molecule has 3 heteroatoms. The van der Waals surface area contributed by atoms with Crippen LogP contribution >= 0.6 is 0 Å². The number of hydrogen-bond donors (Lipinski definition) is 1. The van der Waals surface area contributed by atoms with E-state index in [9.17, 15) is 0 Å². The Labute approximate surface area is 168 Å². The summed E-state index contributed by atoms with van der Waals surface area (Å²) in [6.45, 7) is 3.34. The third-order valence-electron chi connectivity index (χ3n) is 8.27. The van der Waals surface area contributed by atoms with Crippen LogP contribution in [0.1, 0.15) is 75.1 Å². The van der Waals surface area contributed by atoms with Gasteiger partial charge in [-0.2, -0.15) is 5.10 Å². The summed E-state index contributed by atoms with van der Waals surface area (Å²) >= 11 is 0. The Morgan fingerprint density at radius 2 is 1.75 bits per heavy atom. The first-order chi connectivity index (χ1) is 13.8. The predicted molar refractivity (Wildman–Crippen MR) is 114 cm³/mol. The summed E-state index contributed by atoms with van der Waals surface area (Å²) < 4.78 is 2.30. The van der Waals surface area contributed by atoms with Gasteiger partial charge in [-0.3, -0.25) is 0 Å². The van der Waals surface area contributed by atoms with Gasteiger partial charge in [0.1, 0.15) is 5.82 Å². The van der Waals surface area contributed by atoms with Crippen LogP contribution in [-0.4, -0.2) is 16.3 Å². The summed E-state index contributed by atoms with van der Waals surface area (Å²) in [5.41, 5.74) is 6.10. The molecule has 4 aliphatic carbocycles. The molecule has 3 nitrogen and oxygen atoms in total. The lowest BCUT2D eigenvalue weighted by molar-refractivity contribution is -0.00773. The average Bonchev–Trinajstić information content (AvgIpc) is 2.89. The maximum absolute atomic E-state index is 5.46. The zero-order chi connectivity index (χ0) is 18.7. The molecule has 7 rings (SSSR count). The van der Waals surface area contributed by atoms with Gasteiger partial charge >= 0.3 is 0 Å². The molecule has 5 aliphatic rings. The van der Waals surface area contributed by atoms with Crippen LogP contribution in [0.5, 0.6) is 0 Å². The third-order valence-corrected chi connectivity index (χ3v) is 8.27. The number of rotatable bonds is 3. The summed E-state index contributed by atoms with van der Waals surface area (Å²) in [5, 5.41) is 9.25. The number of nitrogens with zero attached hydrogens (tertiary/aromatic N) is 2. The van der Waals surface area contributed by atoms with Crippen molar-refractivity contribution in [1.29, 1.82) is 0 Å². The van der Waals surface area contributed by atoms with Crippen molar-refractivity contribution in [1.82, 2.24) is 9.78 Å². The van der Waals surface area contributed by atoms with Gasteiger partial charge in [0.25, 0.3) is 0 Å². The maximum Gasteiger partial charge on any atom is 0.133 e. The fourth-order valence-electron chi connectivity index (χ4n) is 7.52. The predicted octanol–water partition coefficient (Wildman–Crippen LogP) is 5.65. The van der Waals surface area contributed by atoms with Crippen molar-refractivity contribution in [3.8, 4) is 5.69 Å². The summed E-state index contributed by atoms with van der Waals surface area (Å²) in [5.74, 6) is 4.21. The van der Waals surface area contributed by atoms with Gasteiger partial charge in [0.2, 0.25) is 0 Å². The summed E-state index contributed by atoms with van der Waals surface area (Å²) in [7, 11) is 0. The van der Waals surface area contributed by atoms with E-state index in [-0.39, 0.29) is 0 Å². The Bertz CT molecular complexity index is 858. The summed E-state index contributed by atoms with van der Waals surface area (Å²) in [6.07, 6.45) is 13.5. The standard InChI is InChI=1S/C25H33N3/c1-2-20-7-3-4-9-22(20)28-24-21(8-5-6-10-26-24)23(27-28)25-14-17-11-18(15-25)13-19(12-17)16-25/h3-4,7,9,17-19,26H,2,5-6,8,10-16H2,1H3. The van der Waals surface area contributed by atoms with Gasteiger partial charge in [-0.05, 0) is 93.6 Å². The molecule has 2 aromatic rings. The molecule has 4 bridgehead atoms. The minimum atomic E-state index is 0.372. The average molecular weight is 376 g/mol. The lowest BCUT2D eigenvalue weighted by Crippen LogP contribution is -2.49. The molecule has 1 aliphatic heterocycles. The number of fused-ring (bicyclic) bond motifs is 1. The zero-order valence-electron chi connectivity index (χ0n) is 17.2. The second-order valence-electron chi connectivity index (χ2n) is 10.2. The first-order valence-corrected chi connectivity index (χ1v) is 11.7. The Balaban J connectivity index is 1.53. The van der Waals surface area contributed by atoms with Gasteiger partial charge in [0.05, 0.1) is 11.4 Å². The van der Waals surface area contributed by atoms with Crippen LogP contribution in [0.3, 0.4) is 0 Å². The Morgan fingerprint density at radius 1 is 1.04 bits per heavy atom. The smallest absolute Gasteiger partial charge is 0.133 e. The molecule has 0 atom stereocenters. The summed E-state index contributed by atoms with van der Waals surface area (Å²) in [6, 6.07) is 8.87. The maximum atomic E-state index is 5.46. The van der Waals surface area contributed by atoms with Gasteiger partial charge in [0, 0.05) is 17.5 Å². The number of anilines is 1. The first-order valence-electron chi connectivity index (χ1n) is 11.7. The number of benzene rings is 1. The van der Waals surface area contributed by atoms with E-state index in [1.165, 1.54) is 80.6 Å². The SMILES string of the molecule is CCc1ccccc1-n1nc(C23CC4CC(CC(C4)C2)C3)c2c1NCCCC2. The molecule has 1 aromatic carbocycles. The van der Waals surface area contributed by atoms with E-state index in [1.807, 2.05) is 0 Å². The Hall–Kier alpha value is -1.77. The van der Waals surface area contributed by atoms with Crippen molar-refractivity contribution < 1.29 is 0 Å². The molecule has 1 aromatic heterocycles. The first kappa shape index (κ1) is 17.1. The minimum Gasteiger partial charge on any atom is -0.370 e. The molecule has 148 valence electrons. The van der Waals surface area contributed by atoms with Crippen molar-refractivity contribution in [3.63, 3.8) is 0 Å². The fraction of sp³-hybridized carbons (Fsp3) is 0.640. The van der Waals surface area contributed by atoms with E-state index in [0.717, 1.165) is 30.7 Å². The van der Waals surface area contributed by atoms with Crippen molar-refractivity contribution in [3.05, 3.63) is 41.1 Å². The van der Waals surface area contributed by atoms with Gasteiger partial charge in [-0.15, -0.1) is 0 Å². The van der Waals surface area contributed by atoms with Gasteiger partial charge in [-0.25, -0.2) is 4.68 Å². The molecule has 4 fully saturated rings. The molecule has 0 saturated heterocycles. The quantitative estimate of drug-likeness (QED) is 0.751. The van der Waals surface area contributed by atoms with E-state index in [1.54, 1.807) is 5.56 Å². The third kappa shape index (κ3) is 2.51. The van der Waals surface area contributed by atoms with Crippen molar-refractivity contribution in [2.45, 2.75) is 76.5 Å². The highest BCUT2D eigenvalue weighted by molar-refractivity contribution is 5.58. The number of nitrogens with one attached hydrogen (secondary N) is 1. The lowest BCUT2D eigenvalue weighted by atomic mass is 9.48. The summed E-state index contributed by atoms with van der Waals surface area (Å²) in [4.78, 5) is 0. The molecule has 0 amide bonds. The topological polar surface area (TPSA) is 29.9 Å². The monoisotopic (exact) mass is 375 g/mol. The fourth-order valence-corrected chi connectivity index (χ4v) is 7.52. The van der Waals surface area contributed by atoms with Crippen LogP contribution in [0.4, 0.5) is 5.82 Å². The van der Waals surface area contributed by atoms with Gasteiger partial charge in [0.15, 0.2) is 0 Å². The Morgan fingerprint density at radius 3 is 2.46 bits per heavy atom. The van der Waals surface area contributed by atoms with Crippen molar-refractivity contribution in [2.24, 2.45) is 17.8 Å². The van der Waals surface area contributed by atoms with E-state index in [4.69, 9.17) is 5.10 Å². The van der Waals surface area contributed by atoms with E-state index < -0.39 is 0 Å². The van der Waals surface area contributed by atoms with Crippen LogP contribution in [0.15, 0.2) is 24.3 Å². The van der Waals surface area contributed by atoms with Crippen molar-refractivity contribution >= 4 is 5.82 Å². The highest BCUT2D eigenvalue weighted by Crippen LogP contribution is 2.61. The van der Waals surface area contributed by atoms with Gasteiger partial charge in [-0.1, -0.05) is 25.1 Å². The number of aryl methyl sites for hydroxylation is 1. The second kappa shape index (κ2) is 6.37. The number of para-hydroxylation sites is 1. The Kier molecular flexibility index (Phi) is 3.89. The molecule has 1 N–H and O–H groups in total. The molecule has 28 heavy (non-hydrogen) atoms. The number of aromatic nitrogens is 2. The number of hydrogen-bond acceptors (Lipinski definition) is 2. The molecular formula is C25H33N3. The molecule has 0 unspecified atom stereocenters. The lowest BCUT2D eigenvalue weighted by Gasteiger charge is -2.56. The molecule has 2 heterocycles. The van der Waals surface area contributed by atoms with Crippen LogP contribution < -0.4 is 5.32 Å². The molecule has 0 spiro atoms. The van der Waals surface area contributed by atoms with Crippen LogP contribution in [0.2, 0.25) is 0 Å². The molecular weight excluding hydrogens is 342 g/mol. The minimum absolute atomic E-state index is 0.372. The van der Waals surface area contributed by atoms with E-state index in [2.05, 4.69) is 41.2 Å².